The van der Waals surface area contributed by atoms with Crippen molar-refractivity contribution in [1.82, 2.24) is 5.32 Å². The van der Waals surface area contributed by atoms with E-state index < -0.39 is 0 Å². The summed E-state index contributed by atoms with van der Waals surface area (Å²) >= 11 is 5.76. The smallest absolute Gasteiger partial charge is 0.217 e. The predicted molar refractivity (Wildman–Crippen MR) is 66.3 cm³/mol. The molecule has 0 saturated heterocycles. The first-order valence-electron chi connectivity index (χ1n) is 6.03. The number of halogens is 1. The van der Waals surface area contributed by atoms with Crippen LogP contribution in [0.3, 0.4) is 0 Å². The Kier molecular flexibility index (Phi) is 10.1. The average molecular weight is 234 g/mol. The van der Waals surface area contributed by atoms with Gasteiger partial charge in [0.25, 0.3) is 0 Å². The van der Waals surface area contributed by atoms with E-state index in [0.29, 0.717) is 5.88 Å². The summed E-state index contributed by atoms with van der Waals surface area (Å²) in [6, 6.07) is 0.162. The zero-order valence-electron chi connectivity index (χ0n) is 10.0. The fourth-order valence-corrected chi connectivity index (χ4v) is 1.88. The molecule has 0 radical (unpaired) electrons. The number of carbonyl (C=O) groups excluding carboxylic acids is 1. The van der Waals surface area contributed by atoms with Crippen LogP contribution in [0.25, 0.3) is 0 Å². The SMILES string of the molecule is CCCCCCCCC(CCl)NC(C)=O. The zero-order valence-corrected chi connectivity index (χ0v) is 10.8. The van der Waals surface area contributed by atoms with Crippen molar-refractivity contribution >= 4 is 17.5 Å². The summed E-state index contributed by atoms with van der Waals surface area (Å²) in [4.78, 5) is 10.8. The Hall–Kier alpha value is -0.240. The molecule has 1 amide bonds. The molecule has 1 N–H and O–H groups in total. The number of carbonyl (C=O) groups is 1. The van der Waals surface area contributed by atoms with Crippen LogP contribution in [0, 0.1) is 0 Å². The lowest BCUT2D eigenvalue weighted by molar-refractivity contribution is -0.119. The van der Waals surface area contributed by atoms with Crippen LogP contribution in [0.15, 0.2) is 0 Å². The molecule has 0 saturated carbocycles. The summed E-state index contributed by atoms with van der Waals surface area (Å²) in [6.45, 7) is 3.76. The number of alkyl halides is 1. The molecule has 0 aromatic rings. The van der Waals surface area contributed by atoms with Crippen LogP contribution in [-0.2, 0) is 4.79 Å². The number of unbranched alkanes of at least 4 members (excludes halogenated alkanes) is 5. The maximum Gasteiger partial charge on any atom is 0.217 e. The van der Waals surface area contributed by atoms with Gasteiger partial charge in [0.05, 0.1) is 0 Å². The van der Waals surface area contributed by atoms with Crippen LogP contribution < -0.4 is 5.32 Å². The minimum absolute atomic E-state index is 0.0200. The molecular weight excluding hydrogens is 210 g/mol. The molecule has 90 valence electrons. The summed E-state index contributed by atoms with van der Waals surface area (Å²) in [6.07, 6.45) is 8.70. The van der Waals surface area contributed by atoms with Crippen molar-refractivity contribution in [3.8, 4) is 0 Å². The van der Waals surface area contributed by atoms with Crippen molar-refractivity contribution in [2.75, 3.05) is 5.88 Å². The lowest BCUT2D eigenvalue weighted by Gasteiger charge is -2.14. The van der Waals surface area contributed by atoms with E-state index in [1.165, 1.54) is 38.5 Å². The normalized spacial score (nSPS) is 12.5. The molecule has 0 heterocycles. The van der Waals surface area contributed by atoms with E-state index in [1.807, 2.05) is 0 Å². The van der Waals surface area contributed by atoms with Gasteiger partial charge in [-0.25, -0.2) is 0 Å². The number of hydrogen-bond acceptors (Lipinski definition) is 1. The third-order valence-electron chi connectivity index (χ3n) is 2.50. The molecule has 3 heteroatoms. The average Bonchev–Trinajstić information content (AvgIpc) is 2.20. The quantitative estimate of drug-likeness (QED) is 0.480. The molecule has 0 aromatic carbocycles. The van der Waals surface area contributed by atoms with Gasteiger partial charge in [-0.05, 0) is 6.42 Å². The van der Waals surface area contributed by atoms with Crippen molar-refractivity contribution < 1.29 is 4.79 Å². The molecule has 0 fully saturated rings. The Balaban J connectivity index is 3.34. The van der Waals surface area contributed by atoms with Crippen LogP contribution in [0.4, 0.5) is 0 Å². The number of nitrogens with one attached hydrogen (secondary N) is 1. The highest BCUT2D eigenvalue weighted by Crippen LogP contribution is 2.09. The fourth-order valence-electron chi connectivity index (χ4n) is 1.65. The maximum absolute atomic E-state index is 10.8. The highest BCUT2D eigenvalue weighted by molar-refractivity contribution is 6.18. The third kappa shape index (κ3) is 10.1. The van der Waals surface area contributed by atoms with Gasteiger partial charge in [-0.2, -0.15) is 0 Å². The van der Waals surface area contributed by atoms with E-state index in [0.717, 1.165) is 6.42 Å². The summed E-state index contributed by atoms with van der Waals surface area (Å²) in [5.74, 6) is 0.542. The van der Waals surface area contributed by atoms with Gasteiger partial charge in [-0.15, -0.1) is 11.6 Å². The Labute approximate surface area is 98.8 Å². The molecule has 15 heavy (non-hydrogen) atoms. The molecule has 0 aliphatic rings. The number of amides is 1. The van der Waals surface area contributed by atoms with E-state index in [4.69, 9.17) is 11.6 Å². The van der Waals surface area contributed by atoms with Crippen molar-refractivity contribution in [3.63, 3.8) is 0 Å². The molecule has 0 aliphatic heterocycles. The predicted octanol–water partition coefficient (Wildman–Crippen LogP) is 3.48. The Morgan fingerprint density at radius 1 is 1.20 bits per heavy atom. The summed E-state index contributed by atoms with van der Waals surface area (Å²) in [5, 5.41) is 2.86. The van der Waals surface area contributed by atoms with Gasteiger partial charge in [0.15, 0.2) is 0 Å². The summed E-state index contributed by atoms with van der Waals surface area (Å²) in [5.41, 5.74) is 0. The van der Waals surface area contributed by atoms with Crippen LogP contribution >= 0.6 is 11.6 Å². The molecule has 2 nitrogen and oxygen atoms in total. The minimum atomic E-state index is 0.0200. The lowest BCUT2D eigenvalue weighted by atomic mass is 10.1. The third-order valence-corrected chi connectivity index (χ3v) is 2.87. The first-order chi connectivity index (χ1) is 7.20. The van der Waals surface area contributed by atoms with E-state index in [-0.39, 0.29) is 11.9 Å². The van der Waals surface area contributed by atoms with E-state index in [1.54, 1.807) is 6.92 Å². The Bertz CT molecular complexity index is 162. The highest BCUT2D eigenvalue weighted by atomic mass is 35.5. The van der Waals surface area contributed by atoms with Crippen LogP contribution in [-0.4, -0.2) is 17.8 Å². The minimum Gasteiger partial charge on any atom is -0.352 e. The molecule has 0 aromatic heterocycles. The molecule has 0 bridgehead atoms. The van der Waals surface area contributed by atoms with E-state index in [2.05, 4.69) is 12.2 Å². The van der Waals surface area contributed by atoms with Gasteiger partial charge in [0.2, 0.25) is 5.91 Å². The number of rotatable bonds is 9. The summed E-state index contributed by atoms with van der Waals surface area (Å²) < 4.78 is 0. The zero-order chi connectivity index (χ0) is 11.5. The Morgan fingerprint density at radius 3 is 2.33 bits per heavy atom. The lowest BCUT2D eigenvalue weighted by Crippen LogP contribution is -2.34. The van der Waals surface area contributed by atoms with Gasteiger partial charge in [0, 0.05) is 18.8 Å². The van der Waals surface area contributed by atoms with E-state index in [9.17, 15) is 4.79 Å². The second-order valence-electron chi connectivity index (χ2n) is 4.11. The molecule has 0 aliphatic carbocycles. The van der Waals surface area contributed by atoms with Gasteiger partial charge < -0.3 is 5.32 Å². The maximum atomic E-state index is 10.8. The van der Waals surface area contributed by atoms with Crippen LogP contribution in [0.1, 0.15) is 58.8 Å². The molecular formula is C12H24ClNO. The second-order valence-corrected chi connectivity index (χ2v) is 4.42. The summed E-state index contributed by atoms with van der Waals surface area (Å²) in [7, 11) is 0. The molecule has 1 atom stereocenters. The van der Waals surface area contributed by atoms with Gasteiger partial charge >= 0.3 is 0 Å². The molecule has 0 rings (SSSR count). The van der Waals surface area contributed by atoms with Gasteiger partial charge in [-0.3, -0.25) is 4.79 Å². The van der Waals surface area contributed by atoms with Crippen molar-refractivity contribution in [2.45, 2.75) is 64.8 Å². The largest absolute Gasteiger partial charge is 0.352 e. The first-order valence-corrected chi connectivity index (χ1v) is 6.57. The first kappa shape index (κ1) is 14.8. The standard InChI is InChI=1S/C12H24ClNO/c1-3-4-5-6-7-8-9-12(10-13)14-11(2)15/h12H,3-10H2,1-2H3,(H,14,15). The molecule has 0 spiro atoms. The second kappa shape index (κ2) is 10.3. The van der Waals surface area contributed by atoms with E-state index >= 15 is 0 Å². The van der Waals surface area contributed by atoms with Crippen molar-refractivity contribution in [1.29, 1.82) is 0 Å². The number of hydrogen-bond donors (Lipinski definition) is 1. The van der Waals surface area contributed by atoms with Gasteiger partial charge in [0.1, 0.15) is 0 Å². The topological polar surface area (TPSA) is 29.1 Å². The van der Waals surface area contributed by atoms with Crippen LogP contribution in [0.5, 0.6) is 0 Å². The van der Waals surface area contributed by atoms with Gasteiger partial charge in [-0.1, -0.05) is 45.4 Å². The Morgan fingerprint density at radius 2 is 1.80 bits per heavy atom. The van der Waals surface area contributed by atoms with Crippen molar-refractivity contribution in [3.05, 3.63) is 0 Å². The highest BCUT2D eigenvalue weighted by Gasteiger charge is 2.07. The van der Waals surface area contributed by atoms with Crippen molar-refractivity contribution in [2.24, 2.45) is 0 Å². The fraction of sp³-hybridized carbons (Fsp3) is 0.917. The monoisotopic (exact) mass is 233 g/mol. The van der Waals surface area contributed by atoms with Crippen LogP contribution in [0.2, 0.25) is 0 Å². The molecule has 1 unspecified atom stereocenters.